The SMILES string of the molecule is C=C1C[C@@H]2[C@@]3(C)C=CC(=O)C(C)(C)C3=C(O)C(=O)[C@@]2(C)[C@]2(C(=O)OC)C(=O)[C@H](C)OC(=O)[C@@]12C. The molecule has 1 saturated heterocycles. The molecule has 0 spiro atoms. The van der Waals surface area contributed by atoms with E-state index in [-0.39, 0.29) is 23.4 Å². The Morgan fingerprint density at radius 3 is 2.29 bits per heavy atom. The second-order valence-electron chi connectivity index (χ2n) is 11.0. The van der Waals surface area contributed by atoms with Crippen molar-refractivity contribution < 1.29 is 38.6 Å². The number of aliphatic hydroxyl groups is 1. The van der Waals surface area contributed by atoms with E-state index in [0.717, 1.165) is 7.11 Å². The van der Waals surface area contributed by atoms with E-state index in [0.29, 0.717) is 0 Å². The van der Waals surface area contributed by atoms with E-state index >= 15 is 0 Å². The highest BCUT2D eigenvalue weighted by molar-refractivity contribution is 6.20. The Morgan fingerprint density at radius 2 is 1.74 bits per heavy atom. The average molecular weight is 471 g/mol. The fraction of sp³-hybridized carbons (Fsp3) is 0.577. The molecule has 1 heterocycles. The van der Waals surface area contributed by atoms with Gasteiger partial charge in [0.2, 0.25) is 5.78 Å². The topological polar surface area (TPSA) is 124 Å². The summed E-state index contributed by atoms with van der Waals surface area (Å²) in [5.41, 5.74) is -7.94. The quantitative estimate of drug-likeness (QED) is 0.352. The number of methoxy groups -OCH3 is 1. The molecule has 1 aliphatic heterocycles. The van der Waals surface area contributed by atoms with Gasteiger partial charge in [0, 0.05) is 5.41 Å². The number of hydrogen-bond acceptors (Lipinski definition) is 8. The summed E-state index contributed by atoms with van der Waals surface area (Å²) in [6, 6.07) is 0. The minimum Gasteiger partial charge on any atom is -0.504 e. The average Bonchev–Trinajstić information content (AvgIpc) is 2.76. The third kappa shape index (κ3) is 2.14. The first-order chi connectivity index (χ1) is 15.5. The first kappa shape index (κ1) is 24.1. The van der Waals surface area contributed by atoms with Crippen LogP contribution in [0.25, 0.3) is 0 Å². The van der Waals surface area contributed by atoms with Crippen LogP contribution in [0.1, 0.15) is 48.0 Å². The van der Waals surface area contributed by atoms with Gasteiger partial charge in [-0.2, -0.15) is 0 Å². The van der Waals surface area contributed by atoms with Crippen LogP contribution in [0.2, 0.25) is 0 Å². The summed E-state index contributed by atoms with van der Waals surface area (Å²) in [7, 11) is 1.09. The molecule has 0 radical (unpaired) electrons. The molecule has 8 nitrogen and oxygen atoms in total. The van der Waals surface area contributed by atoms with Crippen molar-refractivity contribution in [2.45, 2.75) is 54.1 Å². The van der Waals surface area contributed by atoms with Crippen LogP contribution in [0.5, 0.6) is 0 Å². The van der Waals surface area contributed by atoms with Crippen LogP contribution in [-0.2, 0) is 33.4 Å². The zero-order chi connectivity index (χ0) is 25.8. The Kier molecular flexibility index (Phi) is 4.64. The van der Waals surface area contributed by atoms with Crippen molar-refractivity contribution >= 4 is 29.3 Å². The van der Waals surface area contributed by atoms with E-state index in [1.165, 1.54) is 26.8 Å². The molecular weight excluding hydrogens is 440 g/mol. The lowest BCUT2D eigenvalue weighted by Gasteiger charge is -2.66. The van der Waals surface area contributed by atoms with Gasteiger partial charge >= 0.3 is 11.9 Å². The highest BCUT2D eigenvalue weighted by Gasteiger charge is 2.84. The fourth-order valence-electron chi connectivity index (χ4n) is 7.49. The number of fused-ring (bicyclic) bond motifs is 5. The Hall–Kier alpha value is -3.03. The van der Waals surface area contributed by atoms with Gasteiger partial charge in [0.15, 0.2) is 28.8 Å². The first-order valence-corrected chi connectivity index (χ1v) is 11.3. The molecule has 0 amide bonds. The Balaban J connectivity index is 2.20. The Morgan fingerprint density at radius 1 is 1.15 bits per heavy atom. The minimum atomic E-state index is -2.33. The third-order valence-corrected chi connectivity index (χ3v) is 9.31. The van der Waals surface area contributed by atoms with Crippen LogP contribution in [-0.4, -0.2) is 47.6 Å². The molecule has 3 aliphatic carbocycles. The summed E-state index contributed by atoms with van der Waals surface area (Å²) in [5.74, 6) is -5.29. The molecule has 182 valence electrons. The van der Waals surface area contributed by atoms with E-state index in [9.17, 15) is 29.1 Å². The molecule has 1 N–H and O–H groups in total. The van der Waals surface area contributed by atoms with Crippen molar-refractivity contribution in [3.63, 3.8) is 0 Å². The maximum Gasteiger partial charge on any atom is 0.322 e. The van der Waals surface area contributed by atoms with Crippen LogP contribution in [0, 0.1) is 33.0 Å². The highest BCUT2D eigenvalue weighted by atomic mass is 16.6. The fourth-order valence-corrected chi connectivity index (χ4v) is 7.49. The maximum atomic E-state index is 14.2. The normalized spacial score (nSPS) is 43.1. The molecule has 34 heavy (non-hydrogen) atoms. The maximum absolute atomic E-state index is 14.2. The summed E-state index contributed by atoms with van der Waals surface area (Å²) < 4.78 is 10.4. The molecule has 8 heteroatoms. The van der Waals surface area contributed by atoms with Crippen molar-refractivity contribution in [3.05, 3.63) is 35.6 Å². The number of esters is 2. The summed E-state index contributed by atoms with van der Waals surface area (Å²) in [6.45, 7) is 13.3. The van der Waals surface area contributed by atoms with Gasteiger partial charge in [0.1, 0.15) is 5.41 Å². The zero-order valence-corrected chi connectivity index (χ0v) is 20.5. The van der Waals surface area contributed by atoms with E-state index in [2.05, 4.69) is 6.58 Å². The monoisotopic (exact) mass is 470 g/mol. The molecular formula is C26H30O8. The molecule has 1 saturated carbocycles. The lowest BCUT2D eigenvalue weighted by molar-refractivity contribution is -0.222. The molecule has 4 rings (SSSR count). The molecule has 4 aliphatic rings. The summed E-state index contributed by atoms with van der Waals surface area (Å²) in [5, 5.41) is 11.4. The second kappa shape index (κ2) is 6.55. The Labute approximate surface area is 198 Å². The van der Waals surface area contributed by atoms with Gasteiger partial charge in [-0.15, -0.1) is 0 Å². The number of allylic oxidation sites excluding steroid dienone is 4. The van der Waals surface area contributed by atoms with Crippen LogP contribution in [0.15, 0.2) is 35.6 Å². The minimum absolute atomic E-state index is 0.0795. The first-order valence-electron chi connectivity index (χ1n) is 11.3. The predicted molar refractivity (Wildman–Crippen MR) is 119 cm³/mol. The van der Waals surface area contributed by atoms with Crippen molar-refractivity contribution in [2.75, 3.05) is 7.11 Å². The highest BCUT2D eigenvalue weighted by Crippen LogP contribution is 2.74. The number of ketones is 3. The van der Waals surface area contributed by atoms with Crippen LogP contribution in [0.4, 0.5) is 0 Å². The molecule has 0 bridgehead atoms. The molecule has 0 aromatic heterocycles. The lowest BCUT2D eigenvalue weighted by atomic mass is 9.33. The van der Waals surface area contributed by atoms with Gasteiger partial charge in [-0.05, 0) is 51.7 Å². The van der Waals surface area contributed by atoms with Gasteiger partial charge in [-0.1, -0.05) is 32.1 Å². The Bertz CT molecular complexity index is 1170. The molecule has 6 atom stereocenters. The molecule has 0 aromatic carbocycles. The number of carbonyl (C=O) groups is 5. The van der Waals surface area contributed by atoms with Gasteiger partial charge in [-0.25, -0.2) is 0 Å². The van der Waals surface area contributed by atoms with Gasteiger partial charge in [0.25, 0.3) is 0 Å². The van der Waals surface area contributed by atoms with Crippen LogP contribution >= 0.6 is 0 Å². The standard InChI is InChI=1S/C26H30O8/c1-12-11-14-23(5)10-9-15(27)22(3,4)17(23)16(28)19(30)25(14,7)26(21(32)33-8)18(29)13(2)34-20(31)24(12,26)6/h9-10,13-14,28H,1,11H2,2-8H3/t13-,14+,23+,24+,25-,26-/m0/s1. The molecule has 0 aromatic rings. The zero-order valence-electron chi connectivity index (χ0n) is 20.5. The number of cyclic esters (lactones) is 1. The smallest absolute Gasteiger partial charge is 0.322 e. The van der Waals surface area contributed by atoms with E-state index in [1.54, 1.807) is 26.8 Å². The van der Waals surface area contributed by atoms with Crippen molar-refractivity contribution in [3.8, 4) is 0 Å². The second-order valence-corrected chi connectivity index (χ2v) is 11.0. The van der Waals surface area contributed by atoms with E-state index in [1.807, 2.05) is 0 Å². The van der Waals surface area contributed by atoms with Crippen LogP contribution < -0.4 is 0 Å². The molecule has 0 unspecified atom stereocenters. The number of rotatable bonds is 1. The van der Waals surface area contributed by atoms with E-state index < -0.39 is 68.4 Å². The van der Waals surface area contributed by atoms with Crippen molar-refractivity contribution in [1.82, 2.24) is 0 Å². The number of aliphatic hydroxyl groups excluding tert-OH is 1. The van der Waals surface area contributed by atoms with Crippen molar-refractivity contribution in [2.24, 2.45) is 33.0 Å². The number of ether oxygens (including phenoxy) is 2. The largest absolute Gasteiger partial charge is 0.504 e. The number of carbonyl (C=O) groups excluding carboxylic acids is 5. The summed E-state index contributed by atoms with van der Waals surface area (Å²) in [4.78, 5) is 68.0. The van der Waals surface area contributed by atoms with E-state index in [4.69, 9.17) is 9.47 Å². The lowest BCUT2D eigenvalue weighted by Crippen LogP contribution is -2.77. The third-order valence-electron chi connectivity index (χ3n) is 9.31. The number of hydrogen-bond donors (Lipinski definition) is 1. The van der Waals surface area contributed by atoms with Crippen LogP contribution in [0.3, 0.4) is 0 Å². The van der Waals surface area contributed by atoms with Gasteiger partial charge < -0.3 is 14.6 Å². The van der Waals surface area contributed by atoms with Gasteiger partial charge in [-0.3, -0.25) is 24.0 Å². The van der Waals surface area contributed by atoms with Crippen molar-refractivity contribution in [1.29, 1.82) is 0 Å². The summed E-state index contributed by atoms with van der Waals surface area (Å²) in [6.07, 6.45) is 1.79. The molecule has 2 fully saturated rings. The van der Waals surface area contributed by atoms with Gasteiger partial charge in [0.05, 0.1) is 17.9 Å². The summed E-state index contributed by atoms with van der Waals surface area (Å²) >= 11 is 0. The number of Topliss-reactive ketones (excluding diaryl/α,β-unsaturated/α-hetero) is 2. The predicted octanol–water partition coefficient (Wildman–Crippen LogP) is 2.82.